The Morgan fingerprint density at radius 2 is 1.62 bits per heavy atom. The molecule has 0 N–H and O–H groups in total. The lowest BCUT2D eigenvalue weighted by atomic mass is 9.91. The zero-order valence-electron chi connectivity index (χ0n) is 12.0. The van der Waals surface area contributed by atoms with Crippen LogP contribution in [0.1, 0.15) is 34.3 Å². The number of carbonyl (C=O) groups excluding carboxylic acids is 1. The molecule has 0 bridgehead atoms. The van der Waals surface area contributed by atoms with Crippen molar-refractivity contribution in [1.82, 2.24) is 0 Å². The van der Waals surface area contributed by atoms with E-state index in [4.69, 9.17) is 9.47 Å². The van der Waals surface area contributed by atoms with Crippen molar-refractivity contribution in [2.24, 2.45) is 0 Å². The van der Waals surface area contributed by atoms with Crippen molar-refractivity contribution in [2.75, 3.05) is 13.2 Å². The zero-order valence-corrected chi connectivity index (χ0v) is 12.0. The average molecular weight is 282 g/mol. The van der Waals surface area contributed by atoms with Gasteiger partial charge in [-0.15, -0.1) is 0 Å². The lowest BCUT2D eigenvalue weighted by molar-refractivity contribution is -0.0571. The predicted octanol–water partition coefficient (Wildman–Crippen LogP) is 3.39. The van der Waals surface area contributed by atoms with Crippen LogP contribution in [-0.4, -0.2) is 25.3 Å². The van der Waals surface area contributed by atoms with Crippen molar-refractivity contribution in [3.63, 3.8) is 0 Å². The molecule has 1 saturated heterocycles. The smallest absolute Gasteiger partial charge is 0.193 e. The molecule has 0 aliphatic carbocycles. The highest BCUT2D eigenvalue weighted by Gasteiger charge is 2.27. The highest BCUT2D eigenvalue weighted by molar-refractivity contribution is 6.10. The van der Waals surface area contributed by atoms with Crippen LogP contribution in [0.25, 0.3) is 0 Å². The van der Waals surface area contributed by atoms with Gasteiger partial charge in [0.2, 0.25) is 0 Å². The van der Waals surface area contributed by atoms with E-state index in [0.717, 1.165) is 11.1 Å². The fourth-order valence-corrected chi connectivity index (χ4v) is 2.66. The molecule has 0 saturated carbocycles. The van der Waals surface area contributed by atoms with Gasteiger partial charge in [0, 0.05) is 17.0 Å². The SMILES string of the molecule is CC(c1ccccc1C(=O)c1ccccc1)C1OCCO1. The lowest BCUT2D eigenvalue weighted by Gasteiger charge is -2.20. The van der Waals surface area contributed by atoms with E-state index in [1.807, 2.05) is 61.5 Å². The first kappa shape index (κ1) is 14.0. The molecule has 2 aromatic carbocycles. The largest absolute Gasteiger partial charge is 0.350 e. The summed E-state index contributed by atoms with van der Waals surface area (Å²) in [7, 11) is 0. The fraction of sp³-hybridized carbons (Fsp3) is 0.278. The van der Waals surface area contributed by atoms with Gasteiger partial charge in [-0.3, -0.25) is 4.79 Å². The van der Waals surface area contributed by atoms with Gasteiger partial charge in [0.1, 0.15) is 0 Å². The second kappa shape index (κ2) is 6.20. The second-order valence-electron chi connectivity index (χ2n) is 5.18. The third-order valence-corrected chi connectivity index (χ3v) is 3.79. The molecule has 0 radical (unpaired) electrons. The molecule has 1 unspecified atom stereocenters. The summed E-state index contributed by atoms with van der Waals surface area (Å²) in [6.07, 6.45) is -0.269. The van der Waals surface area contributed by atoms with Crippen LogP contribution in [0.15, 0.2) is 54.6 Å². The van der Waals surface area contributed by atoms with Gasteiger partial charge in [-0.05, 0) is 5.56 Å². The molecule has 1 aliphatic heterocycles. The van der Waals surface area contributed by atoms with E-state index in [0.29, 0.717) is 18.8 Å². The van der Waals surface area contributed by atoms with Crippen molar-refractivity contribution in [1.29, 1.82) is 0 Å². The molecule has 3 heteroatoms. The van der Waals surface area contributed by atoms with E-state index >= 15 is 0 Å². The molecular weight excluding hydrogens is 264 g/mol. The summed E-state index contributed by atoms with van der Waals surface area (Å²) in [5.41, 5.74) is 2.39. The summed E-state index contributed by atoms with van der Waals surface area (Å²) < 4.78 is 11.2. The molecule has 1 heterocycles. The summed E-state index contributed by atoms with van der Waals surface area (Å²) in [6.45, 7) is 3.26. The summed E-state index contributed by atoms with van der Waals surface area (Å²) in [5, 5.41) is 0. The van der Waals surface area contributed by atoms with Gasteiger partial charge in [-0.2, -0.15) is 0 Å². The lowest BCUT2D eigenvalue weighted by Crippen LogP contribution is -2.19. The monoisotopic (exact) mass is 282 g/mol. The summed E-state index contributed by atoms with van der Waals surface area (Å²) >= 11 is 0. The molecule has 3 rings (SSSR count). The van der Waals surface area contributed by atoms with E-state index in [1.165, 1.54) is 0 Å². The summed E-state index contributed by atoms with van der Waals surface area (Å²) in [6, 6.07) is 17.0. The third-order valence-electron chi connectivity index (χ3n) is 3.79. The quantitative estimate of drug-likeness (QED) is 0.806. The van der Waals surface area contributed by atoms with E-state index in [1.54, 1.807) is 0 Å². The van der Waals surface area contributed by atoms with Crippen molar-refractivity contribution in [3.8, 4) is 0 Å². The number of carbonyl (C=O) groups is 1. The minimum absolute atomic E-state index is 0.0244. The molecule has 2 aromatic rings. The van der Waals surface area contributed by atoms with Crippen molar-refractivity contribution in [2.45, 2.75) is 19.1 Å². The number of benzene rings is 2. The molecular formula is C18H18O3. The van der Waals surface area contributed by atoms with E-state index in [9.17, 15) is 4.79 Å². The van der Waals surface area contributed by atoms with Crippen LogP contribution < -0.4 is 0 Å². The first-order valence-corrected chi connectivity index (χ1v) is 7.19. The summed E-state index contributed by atoms with van der Waals surface area (Å²) in [4.78, 5) is 12.7. The van der Waals surface area contributed by atoms with Crippen LogP contribution in [0, 0.1) is 0 Å². The third kappa shape index (κ3) is 2.89. The first-order valence-electron chi connectivity index (χ1n) is 7.19. The van der Waals surface area contributed by atoms with Crippen LogP contribution >= 0.6 is 0 Å². The minimum atomic E-state index is -0.269. The average Bonchev–Trinajstić information content (AvgIpc) is 3.09. The maximum absolute atomic E-state index is 12.7. The number of hydrogen-bond donors (Lipinski definition) is 0. The number of hydrogen-bond acceptors (Lipinski definition) is 3. The van der Waals surface area contributed by atoms with Crippen molar-refractivity contribution < 1.29 is 14.3 Å². The van der Waals surface area contributed by atoms with E-state index in [2.05, 4.69) is 0 Å². The standard InChI is InChI=1S/C18H18O3/c1-13(18-20-11-12-21-18)15-9-5-6-10-16(15)17(19)14-7-3-2-4-8-14/h2-10,13,18H,11-12H2,1H3. The van der Waals surface area contributed by atoms with Gasteiger partial charge < -0.3 is 9.47 Å². The Labute approximate surface area is 124 Å². The maximum atomic E-state index is 12.7. The number of rotatable bonds is 4. The Morgan fingerprint density at radius 3 is 2.33 bits per heavy atom. The summed E-state index contributed by atoms with van der Waals surface area (Å²) in [5.74, 6) is 0.0624. The normalized spacial score (nSPS) is 16.8. The number of ether oxygens (including phenoxy) is 2. The molecule has 3 nitrogen and oxygen atoms in total. The molecule has 1 aliphatic rings. The van der Waals surface area contributed by atoms with Crippen molar-refractivity contribution >= 4 is 5.78 Å². The number of ketones is 1. The Balaban J connectivity index is 1.94. The van der Waals surface area contributed by atoms with Crippen LogP contribution in [0.3, 0.4) is 0 Å². The highest BCUT2D eigenvalue weighted by Crippen LogP contribution is 2.28. The molecule has 0 amide bonds. The van der Waals surface area contributed by atoms with Crippen LogP contribution in [0.2, 0.25) is 0 Å². The molecule has 21 heavy (non-hydrogen) atoms. The Hall–Kier alpha value is -1.97. The zero-order chi connectivity index (χ0) is 14.7. The molecule has 0 spiro atoms. The van der Waals surface area contributed by atoms with Crippen LogP contribution in [0.5, 0.6) is 0 Å². The highest BCUT2D eigenvalue weighted by atomic mass is 16.7. The Bertz CT molecular complexity index is 615. The van der Waals surface area contributed by atoms with Gasteiger partial charge in [0.15, 0.2) is 12.1 Å². The van der Waals surface area contributed by atoms with Gasteiger partial charge in [-0.1, -0.05) is 61.5 Å². The maximum Gasteiger partial charge on any atom is 0.193 e. The molecule has 0 aromatic heterocycles. The first-order chi connectivity index (χ1) is 10.3. The second-order valence-corrected chi connectivity index (χ2v) is 5.18. The van der Waals surface area contributed by atoms with E-state index in [-0.39, 0.29) is 18.0 Å². The molecule has 1 atom stereocenters. The molecule has 1 fully saturated rings. The van der Waals surface area contributed by atoms with Gasteiger partial charge in [-0.25, -0.2) is 0 Å². The van der Waals surface area contributed by atoms with Gasteiger partial charge in [0.25, 0.3) is 0 Å². The Kier molecular flexibility index (Phi) is 4.13. The van der Waals surface area contributed by atoms with Gasteiger partial charge in [0.05, 0.1) is 13.2 Å². The van der Waals surface area contributed by atoms with Crippen LogP contribution in [-0.2, 0) is 9.47 Å². The predicted molar refractivity (Wildman–Crippen MR) is 80.4 cm³/mol. The van der Waals surface area contributed by atoms with Crippen molar-refractivity contribution in [3.05, 3.63) is 71.3 Å². The van der Waals surface area contributed by atoms with Crippen LogP contribution in [0.4, 0.5) is 0 Å². The molecule has 108 valence electrons. The topological polar surface area (TPSA) is 35.5 Å². The van der Waals surface area contributed by atoms with Gasteiger partial charge >= 0.3 is 0 Å². The minimum Gasteiger partial charge on any atom is -0.350 e. The van der Waals surface area contributed by atoms with E-state index < -0.39 is 0 Å². The Morgan fingerprint density at radius 1 is 1.00 bits per heavy atom. The fourth-order valence-electron chi connectivity index (χ4n) is 2.66.